The smallest absolute Gasteiger partial charge is 0.329 e. The highest BCUT2D eigenvalue weighted by atomic mass is 19.4. The molecule has 1 aliphatic rings. The molecule has 0 aromatic heterocycles. The first-order valence-corrected chi connectivity index (χ1v) is 7.59. The number of nitrogens with one attached hydrogen (secondary N) is 3. The summed E-state index contributed by atoms with van der Waals surface area (Å²) in [6.45, 7) is -0.164. The van der Waals surface area contributed by atoms with Gasteiger partial charge in [0.25, 0.3) is 0 Å². The van der Waals surface area contributed by atoms with Crippen molar-refractivity contribution in [2.24, 2.45) is 0 Å². The molecule has 1 heterocycles. The van der Waals surface area contributed by atoms with E-state index in [1.54, 1.807) is 22.3 Å². The molecule has 1 unspecified atom stereocenters. The molecule has 1 fully saturated rings. The number of halogens is 4. The largest absolute Gasteiger partial charge is 0.405 e. The maximum atomic E-state index is 13.4. The Kier molecular flexibility index (Phi) is 6.32. The Morgan fingerprint density at radius 1 is 1.32 bits per heavy atom. The number of imide groups is 1. The van der Waals surface area contributed by atoms with Gasteiger partial charge in [0.05, 0.1) is 6.54 Å². The minimum absolute atomic E-state index is 0.192. The van der Waals surface area contributed by atoms with Crippen LogP contribution in [0.15, 0.2) is 24.3 Å². The minimum atomic E-state index is -4.55. The standard InChI is InChI=1S/C15H18F4N4O2/c16-11-3-1-2-10(6-11)12-7-20-4-5-23(12)8-13(24)22-14(25)21-9-15(17,18)19/h1-3,6,12,20H,4-5,7-9H2,(H2,21,22,24,25). The third-order valence-electron chi connectivity index (χ3n) is 3.64. The van der Waals surface area contributed by atoms with Crippen molar-refractivity contribution in [2.45, 2.75) is 12.2 Å². The topological polar surface area (TPSA) is 73.5 Å². The first-order valence-electron chi connectivity index (χ1n) is 7.59. The number of amides is 3. The van der Waals surface area contributed by atoms with Gasteiger partial charge in [-0.25, -0.2) is 9.18 Å². The molecule has 0 spiro atoms. The molecule has 0 saturated carbocycles. The van der Waals surface area contributed by atoms with Crippen LogP contribution in [-0.4, -0.2) is 55.7 Å². The van der Waals surface area contributed by atoms with Gasteiger partial charge in [-0.2, -0.15) is 13.2 Å². The van der Waals surface area contributed by atoms with Crippen LogP contribution in [0.1, 0.15) is 11.6 Å². The minimum Gasteiger partial charge on any atom is -0.329 e. The third kappa shape index (κ3) is 6.31. The molecule has 3 amide bonds. The molecule has 1 atom stereocenters. The molecule has 0 bridgehead atoms. The summed E-state index contributed by atoms with van der Waals surface area (Å²) in [4.78, 5) is 24.9. The van der Waals surface area contributed by atoms with E-state index in [0.29, 0.717) is 25.2 Å². The molecule has 3 N–H and O–H groups in total. The van der Waals surface area contributed by atoms with E-state index in [9.17, 15) is 27.2 Å². The van der Waals surface area contributed by atoms with Crippen LogP contribution in [0.5, 0.6) is 0 Å². The molecule has 1 aliphatic heterocycles. The Morgan fingerprint density at radius 3 is 2.76 bits per heavy atom. The average molecular weight is 362 g/mol. The second-order valence-electron chi connectivity index (χ2n) is 5.59. The van der Waals surface area contributed by atoms with E-state index in [-0.39, 0.29) is 12.6 Å². The number of hydrogen-bond donors (Lipinski definition) is 3. The number of carbonyl (C=O) groups excluding carboxylic acids is 2. The normalized spacial score (nSPS) is 18.6. The van der Waals surface area contributed by atoms with E-state index in [4.69, 9.17) is 0 Å². The van der Waals surface area contributed by atoms with E-state index >= 15 is 0 Å². The average Bonchev–Trinajstić information content (AvgIpc) is 2.53. The summed E-state index contributed by atoms with van der Waals surface area (Å²) in [5, 5.41) is 6.56. The predicted octanol–water partition coefficient (Wildman–Crippen LogP) is 1.16. The lowest BCUT2D eigenvalue weighted by Gasteiger charge is -2.35. The SMILES string of the molecule is O=C(CN1CCNCC1c1cccc(F)c1)NC(=O)NCC(F)(F)F. The lowest BCUT2D eigenvalue weighted by Crippen LogP contribution is -2.51. The summed E-state index contributed by atoms with van der Waals surface area (Å²) >= 11 is 0. The molecule has 0 aliphatic carbocycles. The number of benzene rings is 1. The van der Waals surface area contributed by atoms with E-state index in [2.05, 4.69) is 5.32 Å². The Bertz CT molecular complexity index is 624. The van der Waals surface area contributed by atoms with Crippen LogP contribution in [0.2, 0.25) is 0 Å². The fourth-order valence-electron chi connectivity index (χ4n) is 2.55. The van der Waals surface area contributed by atoms with Crippen molar-refractivity contribution in [3.63, 3.8) is 0 Å². The fraction of sp³-hybridized carbons (Fsp3) is 0.467. The van der Waals surface area contributed by atoms with E-state index in [1.807, 2.05) is 5.32 Å². The highest BCUT2D eigenvalue weighted by Gasteiger charge is 2.29. The lowest BCUT2D eigenvalue weighted by molar-refractivity contribution is -0.125. The number of rotatable bonds is 4. The van der Waals surface area contributed by atoms with Gasteiger partial charge in [0.2, 0.25) is 5.91 Å². The summed E-state index contributed by atoms with van der Waals surface area (Å²) in [5.41, 5.74) is 0.668. The van der Waals surface area contributed by atoms with Crippen LogP contribution in [0, 0.1) is 5.82 Å². The highest BCUT2D eigenvalue weighted by Crippen LogP contribution is 2.22. The summed E-state index contributed by atoms with van der Waals surface area (Å²) in [6.07, 6.45) is -4.55. The predicted molar refractivity (Wildman–Crippen MR) is 81.2 cm³/mol. The molecular formula is C15H18F4N4O2. The van der Waals surface area contributed by atoms with Gasteiger partial charge < -0.3 is 10.6 Å². The van der Waals surface area contributed by atoms with Crippen LogP contribution in [-0.2, 0) is 4.79 Å². The second kappa shape index (κ2) is 8.26. The molecule has 138 valence electrons. The van der Waals surface area contributed by atoms with Gasteiger partial charge in [-0.05, 0) is 17.7 Å². The maximum Gasteiger partial charge on any atom is 0.405 e. The first kappa shape index (κ1) is 19.1. The van der Waals surface area contributed by atoms with Crippen molar-refractivity contribution in [1.82, 2.24) is 20.9 Å². The molecular weight excluding hydrogens is 344 g/mol. The number of urea groups is 1. The van der Waals surface area contributed by atoms with Crippen LogP contribution >= 0.6 is 0 Å². The van der Waals surface area contributed by atoms with Gasteiger partial charge in [-0.3, -0.25) is 15.0 Å². The zero-order valence-electron chi connectivity index (χ0n) is 13.2. The van der Waals surface area contributed by atoms with Gasteiger partial charge in [0.15, 0.2) is 0 Å². The lowest BCUT2D eigenvalue weighted by atomic mass is 10.0. The summed E-state index contributed by atoms with van der Waals surface area (Å²) in [6, 6.07) is 4.46. The molecule has 1 saturated heterocycles. The van der Waals surface area contributed by atoms with Gasteiger partial charge in [-0.15, -0.1) is 0 Å². The van der Waals surface area contributed by atoms with Crippen molar-refractivity contribution < 1.29 is 27.2 Å². The van der Waals surface area contributed by atoms with Gasteiger partial charge in [0.1, 0.15) is 12.4 Å². The quantitative estimate of drug-likeness (QED) is 0.703. The molecule has 6 nitrogen and oxygen atoms in total. The van der Waals surface area contributed by atoms with Crippen LogP contribution < -0.4 is 16.0 Å². The van der Waals surface area contributed by atoms with Crippen LogP contribution in [0.3, 0.4) is 0 Å². The number of carbonyl (C=O) groups is 2. The van der Waals surface area contributed by atoms with Crippen LogP contribution in [0.25, 0.3) is 0 Å². The van der Waals surface area contributed by atoms with Gasteiger partial charge in [0, 0.05) is 25.7 Å². The molecule has 1 aromatic carbocycles. The Morgan fingerprint density at radius 2 is 2.08 bits per heavy atom. The Balaban J connectivity index is 1.92. The monoisotopic (exact) mass is 362 g/mol. The van der Waals surface area contributed by atoms with Gasteiger partial charge in [-0.1, -0.05) is 12.1 Å². The summed E-state index contributed by atoms with van der Waals surface area (Å²) in [7, 11) is 0. The number of alkyl halides is 3. The Hall–Kier alpha value is -2.20. The molecule has 10 heteroatoms. The summed E-state index contributed by atoms with van der Waals surface area (Å²) in [5.74, 6) is -1.14. The molecule has 2 rings (SSSR count). The van der Waals surface area contributed by atoms with Crippen molar-refractivity contribution in [2.75, 3.05) is 32.7 Å². The van der Waals surface area contributed by atoms with Crippen molar-refractivity contribution in [3.05, 3.63) is 35.6 Å². The van der Waals surface area contributed by atoms with E-state index in [1.165, 1.54) is 12.1 Å². The van der Waals surface area contributed by atoms with Crippen LogP contribution in [0.4, 0.5) is 22.4 Å². The van der Waals surface area contributed by atoms with E-state index in [0.717, 1.165) is 0 Å². The zero-order valence-corrected chi connectivity index (χ0v) is 13.2. The highest BCUT2D eigenvalue weighted by molar-refractivity contribution is 5.95. The molecule has 25 heavy (non-hydrogen) atoms. The Labute approximate surface area is 141 Å². The van der Waals surface area contributed by atoms with Crippen molar-refractivity contribution >= 4 is 11.9 Å². The third-order valence-corrected chi connectivity index (χ3v) is 3.64. The number of nitrogens with zero attached hydrogens (tertiary/aromatic N) is 1. The second-order valence-corrected chi connectivity index (χ2v) is 5.59. The first-order chi connectivity index (χ1) is 11.7. The fourth-order valence-corrected chi connectivity index (χ4v) is 2.55. The van der Waals surface area contributed by atoms with Crippen molar-refractivity contribution in [1.29, 1.82) is 0 Å². The maximum absolute atomic E-state index is 13.4. The number of piperazine rings is 1. The number of hydrogen-bond acceptors (Lipinski definition) is 4. The van der Waals surface area contributed by atoms with Gasteiger partial charge >= 0.3 is 12.2 Å². The zero-order chi connectivity index (χ0) is 18.4. The van der Waals surface area contributed by atoms with E-state index < -0.39 is 30.5 Å². The molecule has 1 aromatic rings. The summed E-state index contributed by atoms with van der Waals surface area (Å²) < 4.78 is 49.5. The van der Waals surface area contributed by atoms with Crippen molar-refractivity contribution in [3.8, 4) is 0 Å². The molecule has 0 radical (unpaired) electrons.